The van der Waals surface area contributed by atoms with E-state index in [2.05, 4.69) is 14.2 Å². The van der Waals surface area contributed by atoms with E-state index in [1.54, 1.807) is 14.7 Å². The van der Waals surface area contributed by atoms with Crippen molar-refractivity contribution in [1.82, 2.24) is 19.6 Å². The number of carbonyl (C=O) groups excluding carboxylic acids is 8. The lowest BCUT2D eigenvalue weighted by atomic mass is 9.92. The van der Waals surface area contributed by atoms with Crippen LogP contribution < -0.4 is 0 Å². The van der Waals surface area contributed by atoms with Gasteiger partial charge in [0.15, 0.2) is 11.7 Å². The molecule has 0 spiro atoms. The molecule has 1 unspecified atom stereocenters. The van der Waals surface area contributed by atoms with E-state index in [1.807, 2.05) is 60.7 Å². The standard InChI is InChI=1S/C21H28N2O7.C20H24N2O6/c1-28-19(25)10-13-23(18(24)14-20(26)29-2)17-8-11-22(12-9-17)21(27)30-15-16-6-4-3-5-7-16;1-27-19(25)17-16(23)9-12-22(18(17)24)15-7-10-21(11-8-15)20(26)28-13-14-5-3-2-4-6-14/h3-7,17H,8-15H2,1-2H3;2-6,15,17H,7-13H2,1H3. The summed E-state index contributed by atoms with van der Waals surface area (Å²) in [7, 11) is 3.66. The molecule has 0 saturated carbocycles. The van der Waals surface area contributed by atoms with Gasteiger partial charge in [-0.05, 0) is 36.8 Å². The van der Waals surface area contributed by atoms with Crippen molar-refractivity contribution in [3.63, 3.8) is 0 Å². The second-order valence-corrected chi connectivity index (χ2v) is 13.9. The number of hydrogen-bond acceptors (Lipinski definition) is 13. The zero-order valence-electron chi connectivity index (χ0n) is 33.2. The number of carbonyl (C=O) groups is 8. The number of piperidine rings is 3. The fraction of sp³-hybridized carbons (Fsp3) is 0.512. The molecule has 3 fully saturated rings. The number of benzene rings is 2. The summed E-state index contributed by atoms with van der Waals surface area (Å²) in [6.45, 7) is 2.60. The van der Waals surface area contributed by atoms with Crippen LogP contribution in [-0.2, 0) is 65.7 Å². The van der Waals surface area contributed by atoms with Crippen LogP contribution in [0.5, 0.6) is 0 Å². The summed E-state index contributed by atoms with van der Waals surface area (Å²) in [6, 6.07) is 18.6. The van der Waals surface area contributed by atoms with Gasteiger partial charge in [0.2, 0.25) is 11.8 Å². The number of ketones is 1. The quantitative estimate of drug-likeness (QED) is 0.173. The van der Waals surface area contributed by atoms with E-state index in [0.717, 1.165) is 11.1 Å². The van der Waals surface area contributed by atoms with Crippen molar-refractivity contribution in [2.75, 3.05) is 60.6 Å². The van der Waals surface area contributed by atoms with Crippen LogP contribution in [-0.4, -0.2) is 140 Å². The van der Waals surface area contributed by atoms with Crippen molar-refractivity contribution in [2.45, 2.75) is 70.2 Å². The Morgan fingerprint density at radius 2 is 1.16 bits per heavy atom. The molecule has 0 bridgehead atoms. The molecule has 0 aromatic heterocycles. The molecule has 4 amide bonds. The molecule has 5 rings (SSSR count). The summed E-state index contributed by atoms with van der Waals surface area (Å²) < 4.78 is 24.5. The maximum atomic E-state index is 12.6. The van der Waals surface area contributed by atoms with Gasteiger partial charge in [-0.3, -0.25) is 28.8 Å². The number of Topliss-reactive ketones (excluding diaryl/α,β-unsaturated/α-hetero) is 1. The Labute approximate surface area is 337 Å². The molecule has 1 atom stereocenters. The van der Waals surface area contributed by atoms with Crippen LogP contribution in [0.4, 0.5) is 9.59 Å². The van der Waals surface area contributed by atoms with Crippen molar-refractivity contribution in [1.29, 1.82) is 0 Å². The number of methoxy groups -OCH3 is 3. The molecular weight excluding hydrogens is 756 g/mol. The highest BCUT2D eigenvalue weighted by Gasteiger charge is 2.44. The monoisotopic (exact) mass is 808 g/mol. The SMILES string of the molecule is COC(=O)C1C(=O)CCN(C2CCN(C(=O)OCc3ccccc3)CC2)C1=O.COC(=O)CCN(C(=O)CC(=O)OC)C1CCN(C(=O)OCc2ccccc2)CC1. The Kier molecular flexibility index (Phi) is 17.5. The second-order valence-electron chi connectivity index (χ2n) is 13.9. The fourth-order valence-corrected chi connectivity index (χ4v) is 6.96. The minimum atomic E-state index is -1.35. The molecule has 2 aromatic rings. The van der Waals surface area contributed by atoms with E-state index in [0.29, 0.717) is 58.4 Å². The van der Waals surface area contributed by atoms with Crippen molar-refractivity contribution >= 4 is 47.7 Å². The van der Waals surface area contributed by atoms with E-state index in [-0.39, 0.29) is 50.8 Å². The van der Waals surface area contributed by atoms with E-state index < -0.39 is 53.9 Å². The highest BCUT2D eigenvalue weighted by Crippen LogP contribution is 2.25. The lowest BCUT2D eigenvalue weighted by Crippen LogP contribution is -2.56. The number of hydrogen-bond donors (Lipinski definition) is 0. The van der Waals surface area contributed by atoms with Gasteiger partial charge in [-0.2, -0.15) is 0 Å². The van der Waals surface area contributed by atoms with Crippen molar-refractivity contribution in [3.8, 4) is 0 Å². The first-order valence-electron chi connectivity index (χ1n) is 19.2. The summed E-state index contributed by atoms with van der Waals surface area (Å²) in [5.74, 6) is -4.52. The van der Waals surface area contributed by atoms with Gasteiger partial charge in [0.1, 0.15) is 19.6 Å². The highest BCUT2D eigenvalue weighted by molar-refractivity contribution is 6.17. The van der Waals surface area contributed by atoms with Crippen molar-refractivity contribution < 1.29 is 62.0 Å². The average molecular weight is 809 g/mol. The number of nitrogens with zero attached hydrogens (tertiary/aromatic N) is 4. The Morgan fingerprint density at radius 1 is 0.655 bits per heavy atom. The molecule has 3 heterocycles. The predicted molar refractivity (Wildman–Crippen MR) is 204 cm³/mol. The van der Waals surface area contributed by atoms with E-state index in [4.69, 9.17) is 9.47 Å². The molecule has 17 heteroatoms. The topological polar surface area (TPSA) is 196 Å². The third kappa shape index (κ3) is 13.0. The Bertz CT molecular complexity index is 1720. The van der Waals surface area contributed by atoms with Crippen LogP contribution in [0.2, 0.25) is 0 Å². The third-order valence-electron chi connectivity index (χ3n) is 10.3. The minimum Gasteiger partial charge on any atom is -0.469 e. The van der Waals surface area contributed by atoms with Crippen LogP contribution in [0.3, 0.4) is 0 Å². The first-order valence-corrected chi connectivity index (χ1v) is 19.2. The fourth-order valence-electron chi connectivity index (χ4n) is 6.96. The van der Waals surface area contributed by atoms with Gasteiger partial charge in [0.05, 0.1) is 27.8 Å². The predicted octanol–water partition coefficient (Wildman–Crippen LogP) is 3.12. The summed E-state index contributed by atoms with van der Waals surface area (Å²) in [5.41, 5.74) is 1.83. The normalized spacial score (nSPS) is 17.3. The lowest BCUT2D eigenvalue weighted by Gasteiger charge is -2.40. The molecule has 314 valence electrons. The zero-order chi connectivity index (χ0) is 42.0. The molecule has 3 aliphatic heterocycles. The lowest BCUT2D eigenvalue weighted by molar-refractivity contribution is -0.161. The average Bonchev–Trinajstić information content (AvgIpc) is 3.25. The second kappa shape index (κ2) is 22.7. The van der Waals surface area contributed by atoms with Crippen LogP contribution >= 0.6 is 0 Å². The number of likely N-dealkylation sites (tertiary alicyclic amines) is 3. The van der Waals surface area contributed by atoms with Gasteiger partial charge >= 0.3 is 30.1 Å². The van der Waals surface area contributed by atoms with Crippen LogP contribution in [0.25, 0.3) is 0 Å². The van der Waals surface area contributed by atoms with E-state index in [1.165, 1.54) is 26.2 Å². The smallest absolute Gasteiger partial charge is 0.410 e. The number of amides is 4. The molecule has 58 heavy (non-hydrogen) atoms. The van der Waals surface area contributed by atoms with Crippen molar-refractivity contribution in [2.24, 2.45) is 5.92 Å². The summed E-state index contributed by atoms with van der Waals surface area (Å²) in [6.07, 6.45) is 1.20. The molecule has 0 aliphatic carbocycles. The van der Waals surface area contributed by atoms with Gasteiger partial charge < -0.3 is 43.3 Å². The number of ether oxygens (including phenoxy) is 5. The summed E-state index contributed by atoms with van der Waals surface area (Å²) in [4.78, 5) is 103. The maximum Gasteiger partial charge on any atom is 0.410 e. The number of esters is 3. The van der Waals surface area contributed by atoms with Gasteiger partial charge in [-0.25, -0.2) is 9.59 Å². The molecule has 0 radical (unpaired) electrons. The van der Waals surface area contributed by atoms with Crippen LogP contribution in [0, 0.1) is 5.92 Å². The molecule has 2 aromatic carbocycles. The summed E-state index contributed by atoms with van der Waals surface area (Å²) >= 11 is 0. The van der Waals surface area contributed by atoms with E-state index in [9.17, 15) is 38.4 Å². The third-order valence-corrected chi connectivity index (χ3v) is 10.3. The van der Waals surface area contributed by atoms with Gasteiger partial charge in [0.25, 0.3) is 0 Å². The molecule has 3 saturated heterocycles. The largest absolute Gasteiger partial charge is 0.469 e. The Balaban J connectivity index is 0.000000257. The first kappa shape index (κ1) is 44.7. The van der Waals surface area contributed by atoms with Crippen LogP contribution in [0.1, 0.15) is 56.1 Å². The minimum absolute atomic E-state index is 0.0305. The zero-order valence-corrected chi connectivity index (χ0v) is 33.2. The van der Waals surface area contributed by atoms with Gasteiger partial charge in [-0.1, -0.05) is 60.7 Å². The van der Waals surface area contributed by atoms with Gasteiger partial charge in [0, 0.05) is 57.8 Å². The van der Waals surface area contributed by atoms with Crippen molar-refractivity contribution in [3.05, 3.63) is 71.8 Å². The molecular formula is C41H52N4O13. The summed E-state index contributed by atoms with van der Waals surface area (Å²) in [5, 5.41) is 0. The van der Waals surface area contributed by atoms with Gasteiger partial charge in [-0.15, -0.1) is 0 Å². The van der Waals surface area contributed by atoms with Crippen LogP contribution in [0.15, 0.2) is 60.7 Å². The molecule has 17 nitrogen and oxygen atoms in total. The highest BCUT2D eigenvalue weighted by atomic mass is 16.6. The maximum absolute atomic E-state index is 12.6. The molecule has 3 aliphatic rings. The Morgan fingerprint density at radius 3 is 1.64 bits per heavy atom. The van der Waals surface area contributed by atoms with E-state index >= 15 is 0 Å². The molecule has 0 N–H and O–H groups in total. The first-order chi connectivity index (χ1) is 27.9. The number of rotatable bonds is 12. The Hall–Kier alpha value is -6.00.